The molecular formula is C17H14O6. The predicted octanol–water partition coefficient (Wildman–Crippen LogP) is 2.62. The molecule has 23 heavy (non-hydrogen) atoms. The molecule has 0 aliphatic rings. The first kappa shape index (κ1) is 16.2. The fourth-order valence-electron chi connectivity index (χ4n) is 1.99. The van der Waals surface area contributed by atoms with Crippen LogP contribution < -0.4 is 4.74 Å². The van der Waals surface area contributed by atoms with Gasteiger partial charge in [0.2, 0.25) is 0 Å². The summed E-state index contributed by atoms with van der Waals surface area (Å²) in [5, 5.41) is 17.7. The topological polar surface area (TPSA) is 101 Å². The molecule has 0 radical (unpaired) electrons. The fraction of sp³-hybridized carbons (Fsp3) is 0.118. The number of carbonyl (C=O) groups excluding carboxylic acids is 1. The van der Waals surface area contributed by atoms with Crippen molar-refractivity contribution in [1.82, 2.24) is 0 Å². The summed E-state index contributed by atoms with van der Waals surface area (Å²) >= 11 is 0. The number of rotatable bonds is 6. The molecule has 0 unspecified atom stereocenters. The minimum Gasteiger partial charge on any atom is -0.481 e. The molecule has 2 aromatic rings. The smallest absolute Gasteiger partial charge is 0.344 e. The number of carbonyl (C=O) groups is 3. The zero-order valence-corrected chi connectivity index (χ0v) is 12.1. The van der Waals surface area contributed by atoms with E-state index in [9.17, 15) is 14.4 Å². The number of benzene rings is 2. The molecule has 0 amide bonds. The van der Waals surface area contributed by atoms with Crippen molar-refractivity contribution in [2.75, 3.05) is 0 Å². The molecular weight excluding hydrogens is 300 g/mol. The molecule has 0 aliphatic carbocycles. The van der Waals surface area contributed by atoms with Gasteiger partial charge in [0, 0.05) is 6.42 Å². The number of carboxylic acids is 2. The number of aromatic carboxylic acids is 1. The minimum atomic E-state index is -1.21. The molecule has 0 saturated heterocycles. The van der Waals surface area contributed by atoms with E-state index in [0.29, 0.717) is 6.42 Å². The van der Waals surface area contributed by atoms with Crippen molar-refractivity contribution >= 4 is 17.9 Å². The lowest BCUT2D eigenvalue weighted by atomic mass is 10.1. The van der Waals surface area contributed by atoms with Crippen LogP contribution in [0.1, 0.15) is 32.7 Å². The van der Waals surface area contributed by atoms with Gasteiger partial charge in [-0.3, -0.25) is 4.79 Å². The van der Waals surface area contributed by atoms with E-state index in [1.165, 1.54) is 18.2 Å². The molecule has 2 N–H and O–H groups in total. The average Bonchev–Trinajstić information content (AvgIpc) is 2.54. The van der Waals surface area contributed by atoms with Gasteiger partial charge in [0.15, 0.2) is 0 Å². The Balaban J connectivity index is 2.09. The van der Waals surface area contributed by atoms with Crippen LogP contribution >= 0.6 is 0 Å². The van der Waals surface area contributed by atoms with Crippen LogP contribution in [0.4, 0.5) is 0 Å². The Bertz CT molecular complexity index is 733. The minimum absolute atomic E-state index is 0.0190. The zero-order valence-electron chi connectivity index (χ0n) is 12.1. The van der Waals surface area contributed by atoms with Gasteiger partial charge in [-0.25, -0.2) is 9.59 Å². The van der Waals surface area contributed by atoms with E-state index in [4.69, 9.17) is 14.9 Å². The van der Waals surface area contributed by atoms with Crippen molar-refractivity contribution in [2.45, 2.75) is 12.8 Å². The second kappa shape index (κ2) is 7.22. The number of aryl methyl sites for hydroxylation is 1. The molecule has 6 heteroatoms. The molecule has 0 bridgehead atoms. The number of ether oxygens (including phenoxy) is 1. The van der Waals surface area contributed by atoms with Crippen molar-refractivity contribution in [3.63, 3.8) is 0 Å². The Labute approximate surface area is 131 Å². The number of hydrogen-bond donors (Lipinski definition) is 2. The van der Waals surface area contributed by atoms with Crippen LogP contribution in [-0.4, -0.2) is 28.1 Å². The molecule has 0 atom stereocenters. The molecule has 2 aromatic carbocycles. The normalized spacial score (nSPS) is 10.1. The highest BCUT2D eigenvalue weighted by Gasteiger charge is 2.17. The Morgan fingerprint density at radius 1 is 0.870 bits per heavy atom. The van der Waals surface area contributed by atoms with Gasteiger partial charge in [-0.1, -0.05) is 24.3 Å². The summed E-state index contributed by atoms with van der Waals surface area (Å²) in [5.41, 5.74) is 0.642. The Morgan fingerprint density at radius 2 is 1.48 bits per heavy atom. The maximum atomic E-state index is 12.1. The summed E-state index contributed by atoms with van der Waals surface area (Å²) in [7, 11) is 0. The van der Waals surface area contributed by atoms with E-state index < -0.39 is 17.9 Å². The lowest BCUT2D eigenvalue weighted by Gasteiger charge is -2.07. The number of esters is 1. The SMILES string of the molecule is O=C(O)CCc1ccc(OC(=O)c2ccccc2C(=O)O)cc1. The molecule has 2 rings (SSSR count). The molecule has 118 valence electrons. The Kier molecular flexibility index (Phi) is 5.09. The van der Waals surface area contributed by atoms with Crippen LogP contribution in [-0.2, 0) is 11.2 Å². The van der Waals surface area contributed by atoms with E-state index in [2.05, 4.69) is 0 Å². The molecule has 0 aromatic heterocycles. The van der Waals surface area contributed by atoms with Crippen LogP contribution in [0, 0.1) is 0 Å². The van der Waals surface area contributed by atoms with E-state index in [1.807, 2.05) is 0 Å². The summed E-state index contributed by atoms with van der Waals surface area (Å²) in [4.78, 5) is 33.7. The van der Waals surface area contributed by atoms with Crippen molar-refractivity contribution in [1.29, 1.82) is 0 Å². The van der Waals surface area contributed by atoms with Gasteiger partial charge < -0.3 is 14.9 Å². The maximum absolute atomic E-state index is 12.1. The third kappa shape index (κ3) is 4.41. The Hall–Kier alpha value is -3.15. The maximum Gasteiger partial charge on any atom is 0.344 e. The Morgan fingerprint density at radius 3 is 2.04 bits per heavy atom. The van der Waals surface area contributed by atoms with Gasteiger partial charge >= 0.3 is 17.9 Å². The van der Waals surface area contributed by atoms with Gasteiger partial charge in [0.25, 0.3) is 0 Å². The molecule has 0 fully saturated rings. The third-order valence-corrected chi connectivity index (χ3v) is 3.14. The summed E-state index contributed by atoms with van der Waals surface area (Å²) in [5.74, 6) is -2.59. The van der Waals surface area contributed by atoms with Crippen LogP contribution in [0.5, 0.6) is 5.75 Å². The lowest BCUT2D eigenvalue weighted by Crippen LogP contribution is -2.14. The number of aliphatic carboxylic acids is 1. The van der Waals surface area contributed by atoms with Crippen molar-refractivity contribution < 1.29 is 29.3 Å². The van der Waals surface area contributed by atoms with E-state index in [-0.39, 0.29) is 23.3 Å². The van der Waals surface area contributed by atoms with E-state index >= 15 is 0 Å². The predicted molar refractivity (Wildman–Crippen MR) is 80.8 cm³/mol. The molecule has 0 heterocycles. The zero-order chi connectivity index (χ0) is 16.8. The van der Waals surface area contributed by atoms with Crippen LogP contribution in [0.2, 0.25) is 0 Å². The quantitative estimate of drug-likeness (QED) is 0.628. The summed E-state index contributed by atoms with van der Waals surface area (Å²) in [6, 6.07) is 12.2. The number of carboxylic acid groups (broad SMARTS) is 2. The van der Waals surface area contributed by atoms with Crippen molar-refractivity contribution in [2.24, 2.45) is 0 Å². The summed E-state index contributed by atoms with van der Waals surface area (Å²) in [6.07, 6.45) is 0.399. The van der Waals surface area contributed by atoms with E-state index in [1.54, 1.807) is 30.3 Å². The van der Waals surface area contributed by atoms with Gasteiger partial charge in [0.1, 0.15) is 5.75 Å². The standard InChI is InChI=1S/C17H14O6/c18-15(19)10-7-11-5-8-12(9-6-11)23-17(22)14-4-2-1-3-13(14)16(20)21/h1-6,8-9H,7,10H2,(H,18,19)(H,20,21). The van der Waals surface area contributed by atoms with Crippen molar-refractivity contribution in [3.8, 4) is 5.75 Å². The van der Waals surface area contributed by atoms with Crippen LogP contribution in [0.25, 0.3) is 0 Å². The molecule has 6 nitrogen and oxygen atoms in total. The largest absolute Gasteiger partial charge is 0.481 e. The summed E-state index contributed by atoms with van der Waals surface area (Å²) in [6.45, 7) is 0. The first-order valence-electron chi connectivity index (χ1n) is 6.82. The van der Waals surface area contributed by atoms with E-state index in [0.717, 1.165) is 5.56 Å². The molecule has 0 spiro atoms. The first-order valence-corrected chi connectivity index (χ1v) is 6.82. The van der Waals surface area contributed by atoms with Gasteiger partial charge in [-0.2, -0.15) is 0 Å². The van der Waals surface area contributed by atoms with Crippen molar-refractivity contribution in [3.05, 3.63) is 65.2 Å². The highest BCUT2D eigenvalue weighted by atomic mass is 16.5. The van der Waals surface area contributed by atoms with Crippen LogP contribution in [0.15, 0.2) is 48.5 Å². The summed E-state index contributed by atoms with van der Waals surface area (Å²) < 4.78 is 5.15. The monoisotopic (exact) mass is 314 g/mol. The van der Waals surface area contributed by atoms with Gasteiger partial charge in [-0.15, -0.1) is 0 Å². The fourth-order valence-corrected chi connectivity index (χ4v) is 1.99. The second-order valence-corrected chi connectivity index (χ2v) is 4.78. The second-order valence-electron chi connectivity index (χ2n) is 4.78. The third-order valence-electron chi connectivity index (χ3n) is 3.14. The first-order chi connectivity index (χ1) is 11.0. The molecule has 0 saturated carbocycles. The van der Waals surface area contributed by atoms with Crippen LogP contribution in [0.3, 0.4) is 0 Å². The highest BCUT2D eigenvalue weighted by Crippen LogP contribution is 2.17. The van der Waals surface area contributed by atoms with Gasteiger partial charge in [-0.05, 0) is 36.2 Å². The molecule has 0 aliphatic heterocycles. The lowest BCUT2D eigenvalue weighted by molar-refractivity contribution is -0.136. The average molecular weight is 314 g/mol. The van der Waals surface area contributed by atoms with Gasteiger partial charge in [0.05, 0.1) is 11.1 Å². The number of hydrogen-bond acceptors (Lipinski definition) is 4. The highest BCUT2D eigenvalue weighted by molar-refractivity contribution is 6.03.